The van der Waals surface area contributed by atoms with Crippen molar-refractivity contribution >= 4 is 16.0 Å². The summed E-state index contributed by atoms with van der Waals surface area (Å²) in [6.07, 6.45) is 0.476. The highest BCUT2D eigenvalue weighted by Gasteiger charge is 2.22. The van der Waals surface area contributed by atoms with E-state index in [0.717, 1.165) is 12.1 Å². The topological polar surface area (TPSA) is 77.4 Å². The van der Waals surface area contributed by atoms with Crippen molar-refractivity contribution in [2.24, 2.45) is 5.92 Å². The van der Waals surface area contributed by atoms with Gasteiger partial charge in [-0.25, -0.2) is 0 Å². The molecule has 0 unspecified atom stereocenters. The zero-order valence-electron chi connectivity index (χ0n) is 18.1. The number of amides is 1. The van der Waals surface area contributed by atoms with Crippen molar-refractivity contribution in [3.05, 3.63) is 23.8 Å². The molecule has 0 atom stereocenters. The van der Waals surface area contributed by atoms with Crippen molar-refractivity contribution in [2.75, 3.05) is 34.3 Å². The van der Waals surface area contributed by atoms with Crippen LogP contribution in [-0.2, 0) is 21.5 Å². The highest BCUT2D eigenvalue weighted by molar-refractivity contribution is 7.87. The maximum atomic E-state index is 12.7. The molecule has 8 heteroatoms. The van der Waals surface area contributed by atoms with Gasteiger partial charge in [0.2, 0.25) is 5.91 Å². The lowest BCUT2D eigenvalue weighted by atomic mass is 10.1. The summed E-state index contributed by atoms with van der Waals surface area (Å²) < 4.78 is 34.8. The average molecular weight is 416 g/mol. The lowest BCUT2D eigenvalue weighted by Gasteiger charge is -2.25. The molecule has 0 radical (unpaired) electrons. The first-order valence-corrected chi connectivity index (χ1v) is 11.1. The van der Waals surface area contributed by atoms with Gasteiger partial charge < -0.3 is 18.7 Å². The molecule has 0 aliphatic carbocycles. The molecule has 1 aromatic rings. The summed E-state index contributed by atoms with van der Waals surface area (Å²) in [7, 11) is 1.80. The Morgan fingerprint density at radius 1 is 1.14 bits per heavy atom. The molecule has 0 saturated heterocycles. The number of carbonyl (C=O) groups is 1. The van der Waals surface area contributed by atoms with Crippen LogP contribution in [0.2, 0.25) is 0 Å². The van der Waals surface area contributed by atoms with Crippen LogP contribution in [0.1, 0.15) is 39.7 Å². The second-order valence-corrected chi connectivity index (χ2v) is 10.1. The van der Waals surface area contributed by atoms with Crippen molar-refractivity contribution in [3.63, 3.8) is 0 Å². The largest absolute Gasteiger partial charge is 0.493 e. The third-order valence-corrected chi connectivity index (χ3v) is 5.77. The van der Waals surface area contributed by atoms with E-state index in [2.05, 4.69) is 0 Å². The zero-order valence-corrected chi connectivity index (χ0v) is 18.9. The van der Waals surface area contributed by atoms with Gasteiger partial charge in [0.1, 0.15) is 0 Å². The Kier molecular flexibility index (Phi) is 9.23. The van der Waals surface area contributed by atoms with E-state index in [9.17, 15) is 13.2 Å². The van der Waals surface area contributed by atoms with Gasteiger partial charge in [0.25, 0.3) is 0 Å². The predicted octanol–water partition coefficient (Wildman–Crippen LogP) is 1.33. The van der Waals surface area contributed by atoms with Gasteiger partial charge in [-0.15, -0.1) is 0 Å². The summed E-state index contributed by atoms with van der Waals surface area (Å²) in [5, 5.41) is -0.673. The van der Waals surface area contributed by atoms with Crippen LogP contribution < -0.4 is 13.8 Å². The third-order valence-electron chi connectivity index (χ3n) is 4.20. The second kappa shape index (κ2) is 10.7. The Labute approximate surface area is 169 Å². The minimum Gasteiger partial charge on any atom is -0.493 e. The quantitative estimate of drug-likeness (QED) is 0.552. The molecule has 1 rings (SSSR count). The Morgan fingerprint density at radius 3 is 2.29 bits per heavy atom. The molecule has 28 heavy (non-hydrogen) atoms. The number of rotatable bonds is 11. The van der Waals surface area contributed by atoms with Gasteiger partial charge >= 0.3 is 10.1 Å². The number of likely N-dealkylation sites (N-methyl/N-ethyl adjacent to an activating group) is 1. The van der Waals surface area contributed by atoms with E-state index in [-0.39, 0.29) is 17.6 Å². The van der Waals surface area contributed by atoms with Crippen LogP contribution in [0.25, 0.3) is 0 Å². The summed E-state index contributed by atoms with van der Waals surface area (Å²) in [5.74, 6) is 0.839. The fourth-order valence-corrected chi connectivity index (χ4v) is 3.03. The van der Waals surface area contributed by atoms with Gasteiger partial charge in [0, 0.05) is 13.0 Å². The molecule has 160 valence electrons. The maximum Gasteiger partial charge on any atom is 0.311 e. The van der Waals surface area contributed by atoms with Crippen molar-refractivity contribution < 1.29 is 27.0 Å². The van der Waals surface area contributed by atoms with Gasteiger partial charge in [-0.05, 0) is 37.5 Å². The smallest absolute Gasteiger partial charge is 0.311 e. The molecule has 0 fully saturated rings. The predicted molar refractivity (Wildman–Crippen MR) is 110 cm³/mol. The first kappa shape index (κ1) is 24.2. The number of nitrogens with one attached hydrogen (secondary N) is 1. The molecule has 0 aliphatic rings. The van der Waals surface area contributed by atoms with Crippen LogP contribution >= 0.6 is 0 Å². The molecule has 0 aliphatic heterocycles. The fourth-order valence-electron chi connectivity index (χ4n) is 2.46. The van der Waals surface area contributed by atoms with Gasteiger partial charge in [-0.1, -0.05) is 19.9 Å². The number of nitrogens with zero attached hydrogens (tertiary/aromatic N) is 1. The number of quaternary nitrogens is 1. The van der Waals surface area contributed by atoms with E-state index >= 15 is 0 Å². The van der Waals surface area contributed by atoms with Crippen molar-refractivity contribution in [2.45, 2.75) is 45.9 Å². The Balaban J connectivity index is 3.11. The molecule has 7 nitrogen and oxygen atoms in total. The molecule has 0 heterocycles. The van der Waals surface area contributed by atoms with E-state index in [4.69, 9.17) is 8.92 Å². The zero-order chi connectivity index (χ0) is 21.5. The molecule has 1 aromatic carbocycles. The average Bonchev–Trinajstić information content (AvgIpc) is 2.57. The molecule has 0 saturated carbocycles. The number of carbonyl (C=O) groups excluding carboxylic acids is 1. The minimum absolute atomic E-state index is 0.0874. The van der Waals surface area contributed by atoms with Crippen molar-refractivity contribution in [1.29, 1.82) is 0 Å². The Bertz CT molecular complexity index is 745. The molecular formula is C20H35N2O5S+. The van der Waals surface area contributed by atoms with Gasteiger partial charge in [-0.2, -0.15) is 8.42 Å². The van der Waals surface area contributed by atoms with Crippen molar-refractivity contribution in [3.8, 4) is 11.5 Å². The van der Waals surface area contributed by atoms with E-state index in [0.29, 0.717) is 25.3 Å². The third kappa shape index (κ3) is 7.67. The summed E-state index contributed by atoms with van der Waals surface area (Å²) in [6.45, 7) is 8.99. The van der Waals surface area contributed by atoms with Crippen LogP contribution in [0.3, 0.4) is 0 Å². The van der Waals surface area contributed by atoms with Crippen LogP contribution in [-0.4, -0.2) is 58.8 Å². The summed E-state index contributed by atoms with van der Waals surface area (Å²) in [5.41, 5.74) is 0.792. The van der Waals surface area contributed by atoms with E-state index in [1.807, 2.05) is 38.9 Å². The maximum absolute atomic E-state index is 12.7. The number of methoxy groups -OCH3 is 1. The van der Waals surface area contributed by atoms with E-state index in [1.165, 1.54) is 12.0 Å². The number of benzene rings is 1. The van der Waals surface area contributed by atoms with Crippen LogP contribution in [0.15, 0.2) is 18.2 Å². The van der Waals surface area contributed by atoms with Crippen LogP contribution in [0, 0.1) is 5.92 Å². The molecule has 1 N–H and O–H groups in total. The monoisotopic (exact) mass is 415 g/mol. The number of hydrogen-bond acceptors (Lipinski definition) is 5. The van der Waals surface area contributed by atoms with Crippen molar-refractivity contribution in [1.82, 2.24) is 4.90 Å². The summed E-state index contributed by atoms with van der Waals surface area (Å²) in [6, 6.07) is 5.13. The highest BCUT2D eigenvalue weighted by Crippen LogP contribution is 2.30. The molecule has 0 bridgehead atoms. The summed E-state index contributed by atoms with van der Waals surface area (Å²) >= 11 is 0. The van der Waals surface area contributed by atoms with Crippen LogP contribution in [0.4, 0.5) is 0 Å². The SMILES string of the molecule is COc1ccc(CN(CC[NH+](C)C)C(=O)CC(C)C)cc1OS(=O)(=O)C(C)C. The lowest BCUT2D eigenvalue weighted by Crippen LogP contribution is -3.06. The first-order chi connectivity index (χ1) is 13.0. The normalized spacial score (nSPS) is 11.9. The first-order valence-electron chi connectivity index (χ1n) is 9.63. The highest BCUT2D eigenvalue weighted by atomic mass is 32.2. The fraction of sp³-hybridized carbons (Fsp3) is 0.650. The molecule has 0 spiro atoms. The van der Waals surface area contributed by atoms with Gasteiger partial charge in [0.05, 0.1) is 39.5 Å². The van der Waals surface area contributed by atoms with Gasteiger partial charge in [0.15, 0.2) is 11.5 Å². The number of hydrogen-bond donors (Lipinski definition) is 1. The molecule has 0 aromatic heterocycles. The van der Waals surface area contributed by atoms with E-state index in [1.54, 1.807) is 26.0 Å². The Morgan fingerprint density at radius 2 is 1.79 bits per heavy atom. The molecule has 1 amide bonds. The van der Waals surface area contributed by atoms with Crippen LogP contribution in [0.5, 0.6) is 11.5 Å². The minimum atomic E-state index is -3.75. The van der Waals surface area contributed by atoms with Gasteiger partial charge in [-0.3, -0.25) is 4.79 Å². The standard InChI is InChI=1S/C20H34N2O5S/c1-15(2)12-20(23)22(11-10-21(5)6)14-17-8-9-18(26-7)19(13-17)27-28(24,25)16(3)4/h8-9,13,15-16H,10-12,14H2,1-7H3/p+1. The lowest BCUT2D eigenvalue weighted by molar-refractivity contribution is -0.857. The Hall–Kier alpha value is -1.80. The van der Waals surface area contributed by atoms with E-state index < -0.39 is 15.4 Å². The molecular weight excluding hydrogens is 380 g/mol. The number of ether oxygens (including phenoxy) is 1. The second-order valence-electron chi connectivity index (χ2n) is 7.98. The summed E-state index contributed by atoms with van der Waals surface area (Å²) in [4.78, 5) is 15.7.